The largest absolute Gasteiger partial charge is 0.313 e. The second-order valence-corrected chi connectivity index (χ2v) is 8.92. The maximum atomic E-state index is 11.5. The molecule has 3 nitrogen and oxygen atoms in total. The molecule has 0 aromatic rings. The van der Waals surface area contributed by atoms with Crippen molar-refractivity contribution in [2.75, 3.05) is 18.1 Å². The summed E-state index contributed by atoms with van der Waals surface area (Å²) in [4.78, 5) is 0. The summed E-state index contributed by atoms with van der Waals surface area (Å²) in [5.41, 5.74) is 0. The lowest BCUT2D eigenvalue weighted by atomic mass is 9.79. The molecule has 0 amide bonds. The highest BCUT2D eigenvalue weighted by Crippen LogP contribution is 2.58. The average molecular weight is 271 g/mol. The number of nitrogens with one attached hydrogen (secondary N) is 1. The Hall–Kier alpha value is -0.0900. The summed E-state index contributed by atoms with van der Waals surface area (Å²) in [6, 6.07) is 0.612. The highest BCUT2D eigenvalue weighted by Gasteiger charge is 2.53. The topological polar surface area (TPSA) is 46.2 Å². The first-order valence-corrected chi connectivity index (χ1v) is 9.36. The van der Waals surface area contributed by atoms with Crippen molar-refractivity contribution in [2.45, 2.75) is 45.1 Å². The predicted molar refractivity (Wildman–Crippen MR) is 73.2 cm³/mol. The molecule has 0 aliphatic heterocycles. The van der Waals surface area contributed by atoms with Gasteiger partial charge in [-0.3, -0.25) is 0 Å². The monoisotopic (exact) mass is 271 g/mol. The molecule has 3 fully saturated rings. The van der Waals surface area contributed by atoms with Gasteiger partial charge in [-0.15, -0.1) is 0 Å². The summed E-state index contributed by atoms with van der Waals surface area (Å²) in [7, 11) is -2.80. The van der Waals surface area contributed by atoms with Gasteiger partial charge in [-0.25, -0.2) is 8.42 Å². The normalized spacial score (nSPS) is 42.4. The van der Waals surface area contributed by atoms with Gasteiger partial charge in [0.05, 0.1) is 5.75 Å². The quantitative estimate of drug-likeness (QED) is 0.830. The number of hydrogen-bond acceptors (Lipinski definition) is 3. The molecule has 5 atom stereocenters. The maximum Gasteiger partial charge on any atom is 0.151 e. The van der Waals surface area contributed by atoms with E-state index in [-0.39, 0.29) is 5.75 Å². The Labute approximate surface area is 111 Å². The minimum atomic E-state index is -2.80. The van der Waals surface area contributed by atoms with E-state index in [2.05, 4.69) is 5.32 Å². The average Bonchev–Trinajstić information content (AvgIpc) is 3.00. The highest BCUT2D eigenvalue weighted by molar-refractivity contribution is 7.91. The van der Waals surface area contributed by atoms with Crippen LogP contribution in [0.4, 0.5) is 0 Å². The van der Waals surface area contributed by atoms with Crippen molar-refractivity contribution >= 4 is 9.84 Å². The third-order valence-corrected chi connectivity index (χ3v) is 7.39. The third-order valence-electron chi connectivity index (χ3n) is 5.69. The fourth-order valence-corrected chi connectivity index (χ4v) is 5.56. The standard InChI is InChI=1S/C14H25NO2S/c1-2-18(16,17)7-6-15-14-9-10-8-13(14)12-5-3-4-11(10)12/h10-15H,2-9H2,1H3/t10-,11-,12+,13-,14+/m1/s1. The van der Waals surface area contributed by atoms with E-state index in [1.807, 2.05) is 0 Å². The van der Waals surface area contributed by atoms with Crippen LogP contribution in [0.5, 0.6) is 0 Å². The second-order valence-electron chi connectivity index (χ2n) is 6.45. The molecule has 0 unspecified atom stereocenters. The molecular weight excluding hydrogens is 246 g/mol. The third kappa shape index (κ3) is 2.22. The van der Waals surface area contributed by atoms with E-state index in [1.165, 1.54) is 32.1 Å². The van der Waals surface area contributed by atoms with Crippen LogP contribution in [-0.4, -0.2) is 32.5 Å². The van der Waals surface area contributed by atoms with Crippen LogP contribution in [0.25, 0.3) is 0 Å². The summed E-state index contributed by atoms with van der Waals surface area (Å²) < 4.78 is 23.0. The van der Waals surface area contributed by atoms with Gasteiger partial charge in [0, 0.05) is 18.3 Å². The first kappa shape index (κ1) is 12.9. The Balaban J connectivity index is 1.51. The predicted octanol–water partition coefficient (Wildman–Crippen LogP) is 1.84. The zero-order valence-corrected chi connectivity index (χ0v) is 12.1. The molecule has 3 saturated carbocycles. The van der Waals surface area contributed by atoms with Crippen LogP contribution in [0.1, 0.15) is 39.0 Å². The summed E-state index contributed by atoms with van der Waals surface area (Å²) in [5, 5.41) is 3.54. The first-order valence-electron chi connectivity index (χ1n) is 7.54. The van der Waals surface area contributed by atoms with Crippen LogP contribution in [-0.2, 0) is 9.84 Å². The van der Waals surface area contributed by atoms with E-state index in [0.717, 1.165) is 23.7 Å². The molecule has 1 N–H and O–H groups in total. The molecule has 18 heavy (non-hydrogen) atoms. The Bertz CT molecular complexity index is 406. The van der Waals surface area contributed by atoms with Gasteiger partial charge in [-0.1, -0.05) is 13.3 Å². The van der Waals surface area contributed by atoms with Gasteiger partial charge < -0.3 is 5.32 Å². The Morgan fingerprint density at radius 1 is 1.11 bits per heavy atom. The molecule has 0 spiro atoms. The van der Waals surface area contributed by atoms with Crippen LogP contribution in [0.3, 0.4) is 0 Å². The first-order chi connectivity index (χ1) is 8.61. The fraction of sp³-hybridized carbons (Fsp3) is 1.00. The summed E-state index contributed by atoms with van der Waals surface area (Å²) in [6.07, 6.45) is 7.03. The van der Waals surface area contributed by atoms with E-state index in [4.69, 9.17) is 0 Å². The lowest BCUT2D eigenvalue weighted by molar-refractivity contribution is 0.211. The molecule has 0 aromatic heterocycles. The minimum absolute atomic E-state index is 0.274. The van der Waals surface area contributed by atoms with Crippen LogP contribution in [0.2, 0.25) is 0 Å². The van der Waals surface area contributed by atoms with Crippen molar-refractivity contribution in [3.8, 4) is 0 Å². The summed E-state index contributed by atoms with van der Waals surface area (Å²) in [5.74, 6) is 4.37. The van der Waals surface area contributed by atoms with Crippen molar-refractivity contribution < 1.29 is 8.42 Å². The number of sulfone groups is 1. The maximum absolute atomic E-state index is 11.5. The van der Waals surface area contributed by atoms with E-state index < -0.39 is 9.84 Å². The molecular formula is C14H25NO2S. The van der Waals surface area contributed by atoms with Gasteiger partial charge in [0.15, 0.2) is 9.84 Å². The molecule has 0 aromatic carbocycles. The Kier molecular flexibility index (Phi) is 3.43. The second kappa shape index (κ2) is 4.78. The summed E-state index contributed by atoms with van der Waals surface area (Å²) >= 11 is 0. The number of rotatable bonds is 5. The molecule has 0 heterocycles. The van der Waals surface area contributed by atoms with Gasteiger partial charge in [-0.2, -0.15) is 0 Å². The van der Waals surface area contributed by atoms with Crippen molar-refractivity contribution in [1.29, 1.82) is 0 Å². The zero-order valence-electron chi connectivity index (χ0n) is 11.3. The van der Waals surface area contributed by atoms with Crippen LogP contribution < -0.4 is 5.32 Å². The molecule has 0 saturated heterocycles. The van der Waals surface area contributed by atoms with Crippen molar-refractivity contribution in [2.24, 2.45) is 23.7 Å². The van der Waals surface area contributed by atoms with Gasteiger partial charge >= 0.3 is 0 Å². The minimum Gasteiger partial charge on any atom is -0.313 e. The van der Waals surface area contributed by atoms with Gasteiger partial charge in [0.1, 0.15) is 0 Å². The Morgan fingerprint density at radius 3 is 2.67 bits per heavy atom. The molecule has 104 valence electrons. The summed E-state index contributed by atoms with van der Waals surface area (Å²) in [6.45, 7) is 2.39. The van der Waals surface area contributed by atoms with Gasteiger partial charge in [0.2, 0.25) is 0 Å². The molecule has 2 bridgehead atoms. The fourth-order valence-electron chi connectivity index (χ4n) is 4.85. The molecule has 0 radical (unpaired) electrons. The molecule has 3 aliphatic rings. The van der Waals surface area contributed by atoms with Crippen molar-refractivity contribution in [1.82, 2.24) is 5.32 Å². The molecule has 4 heteroatoms. The Morgan fingerprint density at radius 2 is 1.89 bits per heavy atom. The molecule has 3 rings (SSSR count). The highest BCUT2D eigenvalue weighted by atomic mass is 32.2. The van der Waals surface area contributed by atoms with E-state index in [0.29, 0.717) is 18.3 Å². The van der Waals surface area contributed by atoms with Crippen molar-refractivity contribution in [3.05, 3.63) is 0 Å². The lowest BCUT2D eigenvalue weighted by Crippen LogP contribution is -2.41. The van der Waals surface area contributed by atoms with Crippen LogP contribution in [0, 0.1) is 23.7 Å². The van der Waals surface area contributed by atoms with E-state index in [9.17, 15) is 8.42 Å². The smallest absolute Gasteiger partial charge is 0.151 e. The van der Waals surface area contributed by atoms with E-state index >= 15 is 0 Å². The molecule has 3 aliphatic carbocycles. The number of hydrogen-bond donors (Lipinski definition) is 1. The van der Waals surface area contributed by atoms with Gasteiger partial charge in [-0.05, 0) is 49.4 Å². The van der Waals surface area contributed by atoms with Crippen molar-refractivity contribution in [3.63, 3.8) is 0 Å². The number of fused-ring (bicyclic) bond motifs is 5. The van der Waals surface area contributed by atoms with Crippen LogP contribution in [0.15, 0.2) is 0 Å². The lowest BCUT2D eigenvalue weighted by Gasteiger charge is -2.32. The zero-order chi connectivity index (χ0) is 12.8. The van der Waals surface area contributed by atoms with Crippen LogP contribution >= 0.6 is 0 Å². The van der Waals surface area contributed by atoms with Gasteiger partial charge in [0.25, 0.3) is 0 Å². The SMILES string of the molecule is CCS(=O)(=O)CCN[C@H]1C[C@H]2C[C@@H]1[C@H]1CCC[C@H]21. The van der Waals surface area contributed by atoms with E-state index in [1.54, 1.807) is 6.92 Å².